The Kier molecular flexibility index (Phi) is 9.49. The van der Waals surface area contributed by atoms with Gasteiger partial charge in [0.15, 0.2) is 0 Å². The van der Waals surface area contributed by atoms with Gasteiger partial charge < -0.3 is 15.8 Å². The molecule has 3 N–H and O–H groups in total. The van der Waals surface area contributed by atoms with Crippen LogP contribution in [0.25, 0.3) is 0 Å². The normalized spacial score (nSPS) is 23.6. The van der Waals surface area contributed by atoms with Crippen molar-refractivity contribution in [3.05, 3.63) is 0 Å². The van der Waals surface area contributed by atoms with E-state index >= 15 is 0 Å². The standard InChI is InChI=1S/C17H36N2O/c1-16(20-2)14-19-17(15-18)12-10-8-6-4-3-5-7-9-11-13-17/h16,19H,3-15,18H2,1-2H3. The molecular formula is C17H36N2O. The SMILES string of the molecule is COC(C)CNC1(CN)CCCCCCCCCCC1. The third-order valence-electron chi connectivity index (χ3n) is 4.87. The molecule has 1 fully saturated rings. The summed E-state index contributed by atoms with van der Waals surface area (Å²) in [5.41, 5.74) is 6.29. The van der Waals surface area contributed by atoms with Crippen LogP contribution in [0.2, 0.25) is 0 Å². The molecule has 0 heterocycles. The maximum atomic E-state index is 6.14. The van der Waals surface area contributed by atoms with E-state index in [2.05, 4.69) is 12.2 Å². The summed E-state index contributed by atoms with van der Waals surface area (Å²) >= 11 is 0. The van der Waals surface area contributed by atoms with Crippen molar-refractivity contribution in [1.29, 1.82) is 0 Å². The molecule has 120 valence electrons. The largest absolute Gasteiger partial charge is 0.380 e. The van der Waals surface area contributed by atoms with Crippen LogP contribution in [-0.4, -0.2) is 31.8 Å². The van der Waals surface area contributed by atoms with Crippen LogP contribution in [0, 0.1) is 0 Å². The molecule has 3 heteroatoms. The summed E-state index contributed by atoms with van der Waals surface area (Å²) < 4.78 is 5.36. The molecule has 20 heavy (non-hydrogen) atoms. The van der Waals surface area contributed by atoms with Crippen LogP contribution in [0.15, 0.2) is 0 Å². The Morgan fingerprint density at radius 1 is 0.950 bits per heavy atom. The average Bonchev–Trinajstić information content (AvgIpc) is 2.47. The van der Waals surface area contributed by atoms with Crippen LogP contribution >= 0.6 is 0 Å². The van der Waals surface area contributed by atoms with Gasteiger partial charge in [0.1, 0.15) is 0 Å². The molecule has 1 saturated carbocycles. The maximum absolute atomic E-state index is 6.14. The van der Waals surface area contributed by atoms with Crippen LogP contribution in [0.5, 0.6) is 0 Å². The second kappa shape index (κ2) is 10.6. The number of hydrogen-bond acceptors (Lipinski definition) is 3. The Morgan fingerprint density at radius 2 is 1.40 bits per heavy atom. The van der Waals surface area contributed by atoms with E-state index in [0.29, 0.717) is 0 Å². The molecule has 0 radical (unpaired) electrons. The van der Waals surface area contributed by atoms with Crippen LogP contribution in [0.3, 0.4) is 0 Å². The van der Waals surface area contributed by atoms with Gasteiger partial charge in [0, 0.05) is 25.7 Å². The fraction of sp³-hybridized carbons (Fsp3) is 1.00. The number of ether oxygens (including phenoxy) is 1. The van der Waals surface area contributed by atoms with Crippen LogP contribution in [0.1, 0.15) is 77.6 Å². The lowest BCUT2D eigenvalue weighted by molar-refractivity contribution is 0.103. The molecule has 3 nitrogen and oxygen atoms in total. The molecule has 0 saturated heterocycles. The smallest absolute Gasteiger partial charge is 0.0667 e. The first-order valence-electron chi connectivity index (χ1n) is 8.70. The van der Waals surface area contributed by atoms with E-state index in [9.17, 15) is 0 Å². The quantitative estimate of drug-likeness (QED) is 0.810. The molecule has 0 aromatic carbocycles. The van der Waals surface area contributed by atoms with E-state index in [1.165, 1.54) is 70.6 Å². The lowest BCUT2D eigenvalue weighted by atomic mass is 9.85. The molecule has 1 atom stereocenters. The summed E-state index contributed by atoms with van der Waals surface area (Å²) in [6.07, 6.45) is 15.1. The zero-order valence-corrected chi connectivity index (χ0v) is 13.8. The molecule has 1 rings (SSSR count). The number of rotatable bonds is 5. The van der Waals surface area contributed by atoms with Gasteiger partial charge in [-0.25, -0.2) is 0 Å². The molecule has 0 bridgehead atoms. The fourth-order valence-corrected chi connectivity index (χ4v) is 3.19. The van der Waals surface area contributed by atoms with Gasteiger partial charge >= 0.3 is 0 Å². The summed E-state index contributed by atoms with van der Waals surface area (Å²) in [5, 5.41) is 3.74. The number of hydrogen-bond donors (Lipinski definition) is 2. The van der Waals surface area contributed by atoms with Gasteiger partial charge in [-0.1, -0.05) is 57.8 Å². The minimum atomic E-state index is 0.145. The molecule has 0 aliphatic heterocycles. The first-order valence-corrected chi connectivity index (χ1v) is 8.70. The van der Waals surface area contributed by atoms with Gasteiger partial charge in [-0.2, -0.15) is 0 Å². The minimum Gasteiger partial charge on any atom is -0.380 e. The van der Waals surface area contributed by atoms with Gasteiger partial charge in [0.05, 0.1) is 6.10 Å². The first kappa shape index (κ1) is 17.9. The monoisotopic (exact) mass is 284 g/mol. The van der Waals surface area contributed by atoms with Gasteiger partial charge in [-0.3, -0.25) is 0 Å². The van der Waals surface area contributed by atoms with Crippen molar-refractivity contribution in [2.45, 2.75) is 89.2 Å². The first-order chi connectivity index (χ1) is 9.72. The van der Waals surface area contributed by atoms with Crippen molar-refractivity contribution in [3.63, 3.8) is 0 Å². The van der Waals surface area contributed by atoms with E-state index in [4.69, 9.17) is 10.5 Å². The van der Waals surface area contributed by atoms with Gasteiger partial charge in [-0.05, 0) is 19.8 Å². The highest BCUT2D eigenvalue weighted by Gasteiger charge is 2.27. The highest BCUT2D eigenvalue weighted by atomic mass is 16.5. The highest BCUT2D eigenvalue weighted by Crippen LogP contribution is 2.24. The summed E-state index contributed by atoms with van der Waals surface area (Å²) in [5.74, 6) is 0. The molecule has 1 unspecified atom stereocenters. The van der Waals surface area contributed by atoms with Crippen molar-refractivity contribution >= 4 is 0 Å². The Balaban J connectivity index is 2.50. The summed E-state index contributed by atoms with van der Waals surface area (Å²) in [4.78, 5) is 0. The Hall–Kier alpha value is -0.120. The molecule has 0 amide bonds. The second-order valence-electron chi connectivity index (χ2n) is 6.59. The topological polar surface area (TPSA) is 47.3 Å². The van der Waals surface area contributed by atoms with E-state index in [1.807, 2.05) is 0 Å². The van der Waals surface area contributed by atoms with E-state index in [-0.39, 0.29) is 11.6 Å². The Morgan fingerprint density at radius 3 is 1.80 bits per heavy atom. The van der Waals surface area contributed by atoms with Crippen molar-refractivity contribution in [2.24, 2.45) is 5.73 Å². The van der Waals surface area contributed by atoms with Crippen molar-refractivity contribution < 1.29 is 4.74 Å². The van der Waals surface area contributed by atoms with Crippen molar-refractivity contribution in [3.8, 4) is 0 Å². The number of nitrogens with one attached hydrogen (secondary N) is 1. The average molecular weight is 284 g/mol. The zero-order chi connectivity index (χ0) is 14.7. The van der Waals surface area contributed by atoms with Crippen LogP contribution in [-0.2, 0) is 4.74 Å². The lowest BCUT2D eigenvalue weighted by Crippen LogP contribution is -2.53. The maximum Gasteiger partial charge on any atom is 0.0667 e. The van der Waals surface area contributed by atoms with Crippen molar-refractivity contribution in [1.82, 2.24) is 5.32 Å². The predicted molar refractivity (Wildman–Crippen MR) is 87.0 cm³/mol. The van der Waals surface area contributed by atoms with Gasteiger partial charge in [0.25, 0.3) is 0 Å². The second-order valence-corrected chi connectivity index (χ2v) is 6.59. The molecule has 1 aliphatic rings. The summed E-state index contributed by atoms with van der Waals surface area (Å²) in [7, 11) is 1.78. The minimum absolute atomic E-state index is 0.145. The third-order valence-corrected chi connectivity index (χ3v) is 4.87. The number of nitrogens with two attached hydrogens (primary N) is 1. The van der Waals surface area contributed by atoms with Crippen molar-refractivity contribution in [2.75, 3.05) is 20.2 Å². The lowest BCUT2D eigenvalue weighted by Gasteiger charge is -2.35. The Bertz CT molecular complexity index is 221. The van der Waals surface area contributed by atoms with E-state index in [0.717, 1.165) is 13.1 Å². The van der Waals surface area contributed by atoms with E-state index < -0.39 is 0 Å². The highest BCUT2D eigenvalue weighted by molar-refractivity contribution is 4.89. The van der Waals surface area contributed by atoms with Crippen LogP contribution < -0.4 is 11.1 Å². The number of methoxy groups -OCH3 is 1. The van der Waals surface area contributed by atoms with Gasteiger partial charge in [0.2, 0.25) is 0 Å². The zero-order valence-electron chi connectivity index (χ0n) is 13.8. The Labute approximate surface area is 126 Å². The van der Waals surface area contributed by atoms with Crippen LogP contribution in [0.4, 0.5) is 0 Å². The van der Waals surface area contributed by atoms with Gasteiger partial charge in [-0.15, -0.1) is 0 Å². The molecule has 1 aliphatic carbocycles. The molecule has 0 aromatic heterocycles. The molecule has 0 spiro atoms. The fourth-order valence-electron chi connectivity index (χ4n) is 3.19. The summed E-state index contributed by atoms with van der Waals surface area (Å²) in [6.45, 7) is 3.78. The van der Waals surface area contributed by atoms with E-state index in [1.54, 1.807) is 7.11 Å². The summed E-state index contributed by atoms with van der Waals surface area (Å²) in [6, 6.07) is 0. The molecular weight excluding hydrogens is 248 g/mol. The third kappa shape index (κ3) is 7.05. The predicted octanol–water partition coefficient (Wildman–Crippen LogP) is 3.61. The molecule has 0 aromatic rings.